The zero-order valence-electron chi connectivity index (χ0n) is 18.5. The van der Waals surface area contributed by atoms with Crippen LogP contribution in [0.25, 0.3) is 16.9 Å². The van der Waals surface area contributed by atoms with Crippen LogP contribution < -0.4 is 16.2 Å². The van der Waals surface area contributed by atoms with E-state index in [4.69, 9.17) is 0 Å². The summed E-state index contributed by atoms with van der Waals surface area (Å²) in [5.41, 5.74) is 2.93. The highest BCUT2D eigenvalue weighted by Crippen LogP contribution is 2.24. The van der Waals surface area contributed by atoms with Crippen molar-refractivity contribution in [3.8, 4) is 5.82 Å². The highest BCUT2D eigenvalue weighted by atomic mass is 16.3. The molecule has 0 aliphatic carbocycles. The van der Waals surface area contributed by atoms with Crippen molar-refractivity contribution < 1.29 is 5.11 Å². The van der Waals surface area contributed by atoms with Crippen molar-refractivity contribution in [1.82, 2.24) is 29.6 Å². The van der Waals surface area contributed by atoms with Gasteiger partial charge in [0.15, 0.2) is 11.5 Å². The van der Waals surface area contributed by atoms with Crippen molar-refractivity contribution in [1.29, 1.82) is 0 Å². The molecule has 1 aliphatic heterocycles. The SMILES string of the molecule is C=CCn1c(=O)c2cnc(Nc3ccc4c(c3)CNC4)nc2n1-c1cccc(C(C)(C)O)n1. The lowest BCUT2D eigenvalue weighted by molar-refractivity contribution is 0.0738. The number of aliphatic hydroxyl groups is 1. The number of hydrogen-bond acceptors (Lipinski definition) is 7. The van der Waals surface area contributed by atoms with Gasteiger partial charge in [-0.3, -0.25) is 4.79 Å². The number of aromatic nitrogens is 5. The van der Waals surface area contributed by atoms with Crippen molar-refractivity contribution in [2.24, 2.45) is 0 Å². The molecule has 168 valence electrons. The van der Waals surface area contributed by atoms with Crippen LogP contribution in [0.2, 0.25) is 0 Å². The molecule has 4 aromatic rings. The molecule has 33 heavy (non-hydrogen) atoms. The molecular weight excluding hydrogens is 418 g/mol. The van der Waals surface area contributed by atoms with Crippen LogP contribution >= 0.6 is 0 Å². The highest BCUT2D eigenvalue weighted by Gasteiger charge is 2.22. The Kier molecular flexibility index (Phi) is 5.07. The molecule has 0 saturated heterocycles. The van der Waals surface area contributed by atoms with E-state index in [1.54, 1.807) is 42.8 Å². The van der Waals surface area contributed by atoms with Gasteiger partial charge in [0.05, 0.1) is 12.2 Å². The van der Waals surface area contributed by atoms with Gasteiger partial charge in [-0.25, -0.2) is 19.3 Å². The van der Waals surface area contributed by atoms with Gasteiger partial charge in [-0.1, -0.05) is 18.2 Å². The Labute approximate surface area is 190 Å². The maximum Gasteiger partial charge on any atom is 0.278 e. The Balaban J connectivity index is 1.64. The van der Waals surface area contributed by atoms with E-state index in [0.717, 1.165) is 18.8 Å². The Morgan fingerprint density at radius 1 is 1.21 bits per heavy atom. The van der Waals surface area contributed by atoms with Crippen molar-refractivity contribution in [2.75, 3.05) is 5.32 Å². The summed E-state index contributed by atoms with van der Waals surface area (Å²) in [6, 6.07) is 11.5. The molecule has 1 aliphatic rings. The molecule has 4 heterocycles. The number of nitrogens with zero attached hydrogens (tertiary/aromatic N) is 5. The Morgan fingerprint density at radius 3 is 2.82 bits per heavy atom. The lowest BCUT2D eigenvalue weighted by Crippen LogP contribution is -2.23. The first-order valence-electron chi connectivity index (χ1n) is 10.7. The molecule has 3 N–H and O–H groups in total. The molecule has 0 spiro atoms. The Hall–Kier alpha value is -3.82. The summed E-state index contributed by atoms with van der Waals surface area (Å²) < 4.78 is 3.15. The van der Waals surface area contributed by atoms with E-state index in [0.29, 0.717) is 28.5 Å². The molecule has 5 rings (SSSR count). The minimum Gasteiger partial charge on any atom is -0.384 e. The van der Waals surface area contributed by atoms with E-state index in [1.165, 1.54) is 22.0 Å². The third kappa shape index (κ3) is 3.81. The van der Waals surface area contributed by atoms with E-state index in [1.807, 2.05) is 6.07 Å². The first-order chi connectivity index (χ1) is 15.8. The molecule has 0 fully saturated rings. The van der Waals surface area contributed by atoms with Gasteiger partial charge >= 0.3 is 0 Å². The van der Waals surface area contributed by atoms with Crippen LogP contribution in [0.5, 0.6) is 0 Å². The Morgan fingerprint density at radius 2 is 2.03 bits per heavy atom. The first-order valence-corrected chi connectivity index (χ1v) is 10.7. The van der Waals surface area contributed by atoms with Gasteiger partial charge in [-0.2, -0.15) is 4.98 Å². The first kappa shape index (κ1) is 21.0. The van der Waals surface area contributed by atoms with Crippen molar-refractivity contribution >= 4 is 22.7 Å². The molecule has 1 aromatic carbocycles. The predicted octanol–water partition coefficient (Wildman–Crippen LogP) is 2.74. The van der Waals surface area contributed by atoms with E-state index in [-0.39, 0.29) is 12.1 Å². The van der Waals surface area contributed by atoms with E-state index in [2.05, 4.69) is 44.3 Å². The summed E-state index contributed by atoms with van der Waals surface area (Å²) in [4.78, 5) is 26.7. The quantitative estimate of drug-likeness (QED) is 0.393. The summed E-state index contributed by atoms with van der Waals surface area (Å²) in [6.07, 6.45) is 3.17. The number of hydrogen-bond donors (Lipinski definition) is 3. The largest absolute Gasteiger partial charge is 0.384 e. The van der Waals surface area contributed by atoms with Crippen LogP contribution in [-0.4, -0.2) is 29.4 Å². The fourth-order valence-electron chi connectivity index (χ4n) is 3.99. The second-order valence-corrected chi connectivity index (χ2v) is 8.57. The number of allylic oxidation sites excluding steroid dienone is 1. The van der Waals surface area contributed by atoms with Crippen LogP contribution in [0.3, 0.4) is 0 Å². The van der Waals surface area contributed by atoms with E-state index in [9.17, 15) is 9.90 Å². The summed E-state index contributed by atoms with van der Waals surface area (Å²) in [6.45, 7) is 9.08. The van der Waals surface area contributed by atoms with Crippen molar-refractivity contribution in [2.45, 2.75) is 39.1 Å². The topological polar surface area (TPSA) is 110 Å². The molecule has 0 amide bonds. The standard InChI is InChI=1S/C24H25N7O2/c1-4-10-30-22(32)18-14-26-23(27-17-9-8-15-12-25-13-16(15)11-17)29-21(18)31(30)20-7-5-6-19(28-20)24(2,3)33/h4-9,11,14,25,33H,1,10,12-13H2,2-3H3,(H,26,27,29). The van der Waals surface area contributed by atoms with Crippen LogP contribution in [0.1, 0.15) is 30.7 Å². The number of rotatable bonds is 6. The molecule has 0 unspecified atom stereocenters. The van der Waals surface area contributed by atoms with Gasteiger partial charge in [0.2, 0.25) is 5.95 Å². The summed E-state index contributed by atoms with van der Waals surface area (Å²) in [7, 11) is 0. The summed E-state index contributed by atoms with van der Waals surface area (Å²) >= 11 is 0. The third-order valence-corrected chi connectivity index (χ3v) is 5.65. The normalized spacial score (nSPS) is 13.3. The third-order valence-electron chi connectivity index (χ3n) is 5.65. The molecule has 9 heteroatoms. The van der Waals surface area contributed by atoms with Crippen LogP contribution in [0, 0.1) is 0 Å². The van der Waals surface area contributed by atoms with Crippen molar-refractivity contribution in [3.05, 3.63) is 82.4 Å². The molecular formula is C24H25N7O2. The average molecular weight is 444 g/mol. The smallest absolute Gasteiger partial charge is 0.278 e. The van der Waals surface area contributed by atoms with Gasteiger partial charge in [0.25, 0.3) is 5.56 Å². The molecule has 0 bridgehead atoms. The minimum atomic E-state index is -1.13. The van der Waals surface area contributed by atoms with Crippen LogP contribution in [0.15, 0.2) is 60.0 Å². The molecule has 0 saturated carbocycles. The van der Waals surface area contributed by atoms with E-state index >= 15 is 0 Å². The highest BCUT2D eigenvalue weighted by molar-refractivity contribution is 5.77. The lowest BCUT2D eigenvalue weighted by atomic mass is 10.1. The fourth-order valence-corrected chi connectivity index (χ4v) is 3.99. The second kappa shape index (κ2) is 7.95. The number of fused-ring (bicyclic) bond motifs is 2. The predicted molar refractivity (Wildman–Crippen MR) is 127 cm³/mol. The number of anilines is 2. The maximum atomic E-state index is 13.1. The van der Waals surface area contributed by atoms with Gasteiger partial charge in [-0.05, 0) is 49.2 Å². The number of pyridine rings is 1. The van der Waals surface area contributed by atoms with Crippen LogP contribution in [0.4, 0.5) is 11.6 Å². The molecule has 0 atom stereocenters. The zero-order chi connectivity index (χ0) is 23.2. The summed E-state index contributed by atoms with van der Waals surface area (Å²) in [5, 5.41) is 17.4. The lowest BCUT2D eigenvalue weighted by Gasteiger charge is -2.18. The average Bonchev–Trinajstić information content (AvgIpc) is 3.36. The molecule has 3 aromatic heterocycles. The fraction of sp³-hybridized carbons (Fsp3) is 0.250. The zero-order valence-corrected chi connectivity index (χ0v) is 18.5. The van der Waals surface area contributed by atoms with E-state index < -0.39 is 5.60 Å². The van der Waals surface area contributed by atoms with Gasteiger partial charge in [-0.15, -0.1) is 6.58 Å². The van der Waals surface area contributed by atoms with Gasteiger partial charge < -0.3 is 15.7 Å². The number of benzene rings is 1. The van der Waals surface area contributed by atoms with Gasteiger partial charge in [0.1, 0.15) is 11.0 Å². The van der Waals surface area contributed by atoms with Gasteiger partial charge in [0, 0.05) is 25.0 Å². The summed E-state index contributed by atoms with van der Waals surface area (Å²) in [5.74, 6) is 0.841. The monoisotopic (exact) mass is 443 g/mol. The molecule has 0 radical (unpaired) electrons. The number of nitrogens with one attached hydrogen (secondary N) is 2. The second-order valence-electron chi connectivity index (χ2n) is 8.57. The maximum absolute atomic E-state index is 13.1. The van der Waals surface area contributed by atoms with Crippen molar-refractivity contribution in [3.63, 3.8) is 0 Å². The van der Waals surface area contributed by atoms with Crippen LogP contribution in [-0.2, 0) is 25.2 Å². The Bertz CT molecular complexity index is 1430. The minimum absolute atomic E-state index is 0.240. The molecule has 9 nitrogen and oxygen atoms in total.